The average Bonchev–Trinajstić information content (AvgIpc) is 2.89. The molecule has 40 heavy (non-hydrogen) atoms. The van der Waals surface area contributed by atoms with Gasteiger partial charge in [-0.05, 0) is 41.5 Å². The number of aryl methyl sites for hydroxylation is 4. The Labute approximate surface area is 228 Å². The third-order valence-electron chi connectivity index (χ3n) is 5.63. The van der Waals surface area contributed by atoms with Crippen molar-refractivity contribution in [3.8, 4) is 11.1 Å². The van der Waals surface area contributed by atoms with Crippen LogP contribution in [0, 0.1) is 0 Å². The molecular weight excluding hydrogens is 538 g/mol. The highest BCUT2D eigenvalue weighted by atomic mass is 19.5. The molecule has 0 unspecified atom stereocenters. The van der Waals surface area contributed by atoms with Crippen molar-refractivity contribution in [3.05, 3.63) is 120 Å². The summed E-state index contributed by atoms with van der Waals surface area (Å²) >= 11 is 0. The number of aromatic nitrogens is 2. The molecule has 1 N–H and O–H groups in total. The second kappa shape index (κ2) is 16.4. The predicted molar refractivity (Wildman–Crippen MR) is 142 cm³/mol. The van der Waals surface area contributed by atoms with Crippen molar-refractivity contribution in [1.29, 1.82) is 0 Å². The highest BCUT2D eigenvalue weighted by Gasteiger charge is 2.21. The topological polar surface area (TPSA) is 18.0 Å². The molecule has 2 nitrogen and oxygen atoms in total. The van der Waals surface area contributed by atoms with E-state index in [4.69, 9.17) is 0 Å². The highest BCUT2D eigenvalue weighted by molar-refractivity contribution is 6.50. The van der Waals surface area contributed by atoms with Crippen LogP contribution < -0.4 is 9.55 Å². The molecule has 12 heteroatoms. The molecule has 0 radical (unpaired) electrons. The minimum Gasteiger partial charge on any atom is -0.418 e. The standard InChI is InChI=1S/C28H29N2.2BF4/c1-3-9-24(10-4-1)13-7-15-28-23-27(26-16-19-29-20-17-26)18-22-30(28)21-8-14-25-11-5-2-6-12-25;2*2-1(3,4)5/h1-6,9-12,16-20,22-23H,7-8,13-15,21H2;;/q+1;2*-1/p+1. The van der Waals surface area contributed by atoms with Gasteiger partial charge < -0.3 is 34.5 Å². The van der Waals surface area contributed by atoms with Crippen molar-refractivity contribution in [2.45, 2.75) is 38.6 Å². The summed E-state index contributed by atoms with van der Waals surface area (Å²) in [5, 5.41) is 0. The van der Waals surface area contributed by atoms with Crippen molar-refractivity contribution < 1.29 is 44.1 Å². The first-order chi connectivity index (χ1) is 18.9. The lowest BCUT2D eigenvalue weighted by Crippen LogP contribution is -2.38. The molecule has 4 aromatic rings. The Kier molecular flexibility index (Phi) is 13.4. The number of halogens is 8. The maximum absolute atomic E-state index is 9.75. The molecule has 2 heterocycles. The molecule has 214 valence electrons. The lowest BCUT2D eigenvalue weighted by Gasteiger charge is -2.08. The number of rotatable bonds is 9. The van der Waals surface area contributed by atoms with Crippen LogP contribution in [0.3, 0.4) is 0 Å². The second-order valence-electron chi connectivity index (χ2n) is 8.81. The van der Waals surface area contributed by atoms with Crippen molar-refractivity contribution in [2.75, 3.05) is 0 Å². The summed E-state index contributed by atoms with van der Waals surface area (Å²) in [7, 11) is -12.0. The largest absolute Gasteiger partial charge is 0.673 e. The second-order valence-corrected chi connectivity index (χ2v) is 8.81. The molecule has 0 saturated carbocycles. The molecule has 0 saturated heterocycles. The van der Waals surface area contributed by atoms with Crippen LogP contribution in [-0.2, 0) is 25.8 Å². The fourth-order valence-electron chi connectivity index (χ4n) is 3.99. The molecule has 0 spiro atoms. The molecule has 4 rings (SSSR count). The van der Waals surface area contributed by atoms with E-state index in [0.29, 0.717) is 0 Å². The van der Waals surface area contributed by atoms with E-state index in [9.17, 15) is 34.5 Å². The van der Waals surface area contributed by atoms with Gasteiger partial charge in [-0.3, -0.25) is 0 Å². The van der Waals surface area contributed by atoms with Crippen molar-refractivity contribution in [2.24, 2.45) is 0 Å². The summed E-state index contributed by atoms with van der Waals surface area (Å²) in [5.74, 6) is 0. The predicted octanol–water partition coefficient (Wildman–Crippen LogP) is 7.86. The molecule has 2 aromatic heterocycles. The highest BCUT2D eigenvalue weighted by Crippen LogP contribution is 2.18. The summed E-state index contributed by atoms with van der Waals surface area (Å²) in [4.78, 5) is 3.12. The van der Waals surface area contributed by atoms with Crippen molar-refractivity contribution in [1.82, 2.24) is 0 Å². The van der Waals surface area contributed by atoms with E-state index in [1.165, 1.54) is 27.9 Å². The van der Waals surface area contributed by atoms with Gasteiger partial charge in [0.1, 0.15) is 6.54 Å². The first kappa shape index (κ1) is 32.5. The molecule has 0 aliphatic heterocycles. The van der Waals surface area contributed by atoms with Gasteiger partial charge in [-0.15, -0.1) is 0 Å². The van der Waals surface area contributed by atoms with Crippen LogP contribution in [0.5, 0.6) is 0 Å². The number of H-pyrrole nitrogens is 1. The minimum atomic E-state index is -6.00. The first-order valence-corrected chi connectivity index (χ1v) is 12.7. The van der Waals surface area contributed by atoms with Gasteiger partial charge in [0.15, 0.2) is 24.3 Å². The van der Waals surface area contributed by atoms with Crippen molar-refractivity contribution in [3.63, 3.8) is 0 Å². The van der Waals surface area contributed by atoms with E-state index in [2.05, 4.69) is 101 Å². The average molecular weight is 568 g/mol. The SMILES string of the molecule is F[B-](F)(F)F.F[B-](F)(F)F.c1ccc(CCCc2cc(-c3cc[nH+]cc3)cc[n+]2CCCc2ccccc2)cc1. The molecule has 0 aliphatic carbocycles. The number of pyridine rings is 2. The molecule has 0 aliphatic rings. The number of nitrogens with one attached hydrogen (secondary N) is 1. The Morgan fingerprint density at radius 3 is 1.52 bits per heavy atom. The smallest absolute Gasteiger partial charge is 0.418 e. The summed E-state index contributed by atoms with van der Waals surface area (Å²) in [6.07, 6.45) is 11.9. The fourth-order valence-corrected chi connectivity index (χ4v) is 3.99. The molecule has 0 atom stereocenters. The van der Waals surface area contributed by atoms with E-state index >= 15 is 0 Å². The van der Waals surface area contributed by atoms with Gasteiger partial charge in [-0.1, -0.05) is 60.7 Å². The zero-order valence-electron chi connectivity index (χ0n) is 21.7. The van der Waals surface area contributed by atoms with Gasteiger partial charge in [0, 0.05) is 37.1 Å². The van der Waals surface area contributed by atoms with Crippen LogP contribution >= 0.6 is 0 Å². The van der Waals surface area contributed by atoms with Gasteiger partial charge in [0.05, 0.1) is 0 Å². The normalized spacial score (nSPS) is 11.1. The zero-order valence-corrected chi connectivity index (χ0v) is 21.7. The summed E-state index contributed by atoms with van der Waals surface area (Å²) in [6.45, 7) is 1.05. The lowest BCUT2D eigenvalue weighted by atomic mass is 10.0. The van der Waals surface area contributed by atoms with Crippen LogP contribution in [0.25, 0.3) is 11.1 Å². The number of hydrogen-bond acceptors (Lipinski definition) is 0. The van der Waals surface area contributed by atoms with Gasteiger partial charge in [-0.25, -0.2) is 9.55 Å². The maximum Gasteiger partial charge on any atom is 0.673 e. The number of nitrogens with zero attached hydrogens (tertiary/aromatic N) is 1. The van der Waals surface area contributed by atoms with Crippen LogP contribution in [-0.4, -0.2) is 14.5 Å². The summed E-state index contributed by atoms with van der Waals surface area (Å²) in [5.41, 5.74) is 6.81. The Hall–Kier alpha value is -3.69. The lowest BCUT2D eigenvalue weighted by molar-refractivity contribution is -0.704. The fraction of sp³-hybridized carbons (Fsp3) is 0.214. The van der Waals surface area contributed by atoms with E-state index < -0.39 is 14.5 Å². The monoisotopic (exact) mass is 568 g/mol. The number of benzene rings is 2. The van der Waals surface area contributed by atoms with Crippen LogP contribution in [0.2, 0.25) is 0 Å². The maximum atomic E-state index is 9.75. The Morgan fingerprint density at radius 2 is 1.02 bits per heavy atom. The van der Waals surface area contributed by atoms with Gasteiger partial charge in [-0.2, -0.15) is 0 Å². The van der Waals surface area contributed by atoms with Crippen LogP contribution in [0.15, 0.2) is 104 Å². The molecule has 0 amide bonds. The minimum absolute atomic E-state index is 1.05. The van der Waals surface area contributed by atoms with Gasteiger partial charge >= 0.3 is 14.5 Å². The van der Waals surface area contributed by atoms with E-state index in [1.54, 1.807) is 0 Å². The van der Waals surface area contributed by atoms with E-state index in [0.717, 1.165) is 38.6 Å². The van der Waals surface area contributed by atoms with Crippen LogP contribution in [0.4, 0.5) is 34.5 Å². The molecule has 0 fully saturated rings. The van der Waals surface area contributed by atoms with Crippen LogP contribution in [0.1, 0.15) is 29.7 Å². The van der Waals surface area contributed by atoms with E-state index in [-0.39, 0.29) is 0 Å². The first-order valence-electron chi connectivity index (χ1n) is 12.7. The zero-order chi connectivity index (χ0) is 29.4. The number of hydrogen-bond donors (Lipinski definition) is 0. The van der Waals surface area contributed by atoms with Crippen molar-refractivity contribution >= 4 is 14.5 Å². The summed E-state index contributed by atoms with van der Waals surface area (Å²) < 4.78 is 80.5. The Bertz CT molecular complexity index is 1220. The Morgan fingerprint density at radius 1 is 0.550 bits per heavy atom. The third kappa shape index (κ3) is 15.7. The molecular formula is C28H30B2F8N2. The van der Waals surface area contributed by atoms with Gasteiger partial charge in [0.2, 0.25) is 0 Å². The third-order valence-corrected chi connectivity index (χ3v) is 5.63. The quantitative estimate of drug-likeness (QED) is 0.111. The van der Waals surface area contributed by atoms with Gasteiger partial charge in [0.25, 0.3) is 0 Å². The molecule has 2 aromatic carbocycles. The molecule has 0 bridgehead atoms. The van der Waals surface area contributed by atoms with E-state index in [1.807, 2.05) is 12.4 Å². The Balaban J connectivity index is 0.000000482. The summed E-state index contributed by atoms with van der Waals surface area (Å²) in [6, 6.07) is 30.5. The number of aromatic amines is 1.